The molecule has 13 heavy (non-hydrogen) atoms. The first-order valence-corrected chi connectivity index (χ1v) is 5.08. The molecule has 3 heteroatoms. The van der Waals surface area contributed by atoms with Gasteiger partial charge in [-0.3, -0.25) is 4.68 Å². The predicted molar refractivity (Wildman–Crippen MR) is 53.3 cm³/mol. The van der Waals surface area contributed by atoms with Crippen molar-refractivity contribution < 1.29 is 0 Å². The highest BCUT2D eigenvalue weighted by atomic mass is 15.3. The Kier molecular flexibility index (Phi) is 2.25. The zero-order valence-electron chi connectivity index (χ0n) is 8.11. The average molecular weight is 179 g/mol. The minimum Gasteiger partial charge on any atom is -0.382 e. The van der Waals surface area contributed by atoms with Crippen LogP contribution in [0.1, 0.15) is 38.6 Å². The Labute approximate surface area is 78.9 Å². The molecule has 1 aliphatic rings. The number of rotatable bonds is 1. The van der Waals surface area contributed by atoms with E-state index in [0.29, 0.717) is 11.9 Å². The van der Waals surface area contributed by atoms with Crippen LogP contribution in [0.25, 0.3) is 0 Å². The molecule has 2 atom stereocenters. The van der Waals surface area contributed by atoms with Gasteiger partial charge in [0.2, 0.25) is 0 Å². The lowest BCUT2D eigenvalue weighted by Gasteiger charge is -2.28. The number of aromatic nitrogens is 2. The van der Waals surface area contributed by atoms with Gasteiger partial charge in [-0.25, -0.2) is 0 Å². The number of nitrogen functional groups attached to an aromatic ring is 1. The van der Waals surface area contributed by atoms with Gasteiger partial charge in [0.05, 0.1) is 6.04 Å². The van der Waals surface area contributed by atoms with Crippen molar-refractivity contribution in [3.8, 4) is 0 Å². The van der Waals surface area contributed by atoms with Gasteiger partial charge in [0.25, 0.3) is 0 Å². The maximum Gasteiger partial charge on any atom is 0.145 e. The molecule has 0 aliphatic heterocycles. The van der Waals surface area contributed by atoms with Gasteiger partial charge in [-0.2, -0.15) is 5.10 Å². The molecule has 1 saturated carbocycles. The van der Waals surface area contributed by atoms with Crippen LogP contribution in [0.2, 0.25) is 0 Å². The molecular formula is C10H17N3. The Morgan fingerprint density at radius 1 is 1.46 bits per heavy atom. The fourth-order valence-corrected chi connectivity index (χ4v) is 2.23. The highest BCUT2D eigenvalue weighted by Gasteiger charge is 2.22. The lowest BCUT2D eigenvalue weighted by molar-refractivity contribution is 0.240. The number of hydrogen-bond donors (Lipinski definition) is 1. The third-order valence-electron chi connectivity index (χ3n) is 3.03. The minimum absolute atomic E-state index is 0.575. The summed E-state index contributed by atoms with van der Waals surface area (Å²) in [4.78, 5) is 0. The van der Waals surface area contributed by atoms with Crippen molar-refractivity contribution in [2.24, 2.45) is 5.92 Å². The Morgan fingerprint density at radius 2 is 2.23 bits per heavy atom. The number of anilines is 1. The molecule has 1 aliphatic carbocycles. The Bertz CT molecular complexity index is 279. The molecule has 2 unspecified atom stereocenters. The first-order chi connectivity index (χ1) is 6.27. The van der Waals surface area contributed by atoms with E-state index in [0.717, 1.165) is 5.92 Å². The molecular weight excluding hydrogens is 162 g/mol. The molecule has 1 aromatic heterocycles. The van der Waals surface area contributed by atoms with E-state index in [1.807, 2.05) is 16.9 Å². The highest BCUT2D eigenvalue weighted by molar-refractivity contribution is 5.24. The van der Waals surface area contributed by atoms with Crippen molar-refractivity contribution in [1.29, 1.82) is 0 Å². The molecule has 0 bridgehead atoms. The molecule has 72 valence electrons. The summed E-state index contributed by atoms with van der Waals surface area (Å²) in [7, 11) is 0. The zero-order valence-corrected chi connectivity index (χ0v) is 8.11. The van der Waals surface area contributed by atoms with Crippen LogP contribution in [0, 0.1) is 5.92 Å². The van der Waals surface area contributed by atoms with Crippen LogP contribution < -0.4 is 5.73 Å². The summed E-state index contributed by atoms with van der Waals surface area (Å²) >= 11 is 0. The van der Waals surface area contributed by atoms with Gasteiger partial charge in [-0.15, -0.1) is 0 Å². The van der Waals surface area contributed by atoms with Gasteiger partial charge < -0.3 is 5.73 Å². The third kappa shape index (κ3) is 1.69. The minimum atomic E-state index is 0.575. The van der Waals surface area contributed by atoms with E-state index < -0.39 is 0 Å². The first kappa shape index (κ1) is 8.60. The predicted octanol–water partition coefficient (Wildman–Crippen LogP) is 2.22. The summed E-state index contributed by atoms with van der Waals surface area (Å²) in [6, 6.07) is 2.45. The van der Waals surface area contributed by atoms with E-state index >= 15 is 0 Å². The molecule has 0 radical (unpaired) electrons. The third-order valence-corrected chi connectivity index (χ3v) is 3.03. The summed E-state index contributed by atoms with van der Waals surface area (Å²) in [5, 5.41) is 4.28. The fraction of sp³-hybridized carbons (Fsp3) is 0.700. The SMILES string of the molecule is CC1CCCCC1n1ccc(N)n1. The van der Waals surface area contributed by atoms with Crippen LogP contribution in [0.3, 0.4) is 0 Å². The van der Waals surface area contributed by atoms with E-state index in [1.165, 1.54) is 25.7 Å². The molecule has 0 amide bonds. The summed E-state index contributed by atoms with van der Waals surface area (Å²) in [6.45, 7) is 2.31. The molecule has 2 rings (SSSR count). The molecule has 0 spiro atoms. The molecule has 1 aromatic rings. The van der Waals surface area contributed by atoms with E-state index in [1.54, 1.807) is 0 Å². The van der Waals surface area contributed by atoms with E-state index in [4.69, 9.17) is 5.73 Å². The molecule has 0 saturated heterocycles. The first-order valence-electron chi connectivity index (χ1n) is 5.08. The van der Waals surface area contributed by atoms with Crippen LogP contribution in [-0.2, 0) is 0 Å². The maximum absolute atomic E-state index is 5.60. The number of nitrogens with zero attached hydrogens (tertiary/aromatic N) is 2. The number of nitrogens with two attached hydrogens (primary N) is 1. The topological polar surface area (TPSA) is 43.8 Å². The standard InChI is InChI=1S/C10H17N3/c1-8-4-2-3-5-9(8)13-7-6-10(11)12-13/h6-9H,2-5H2,1H3,(H2,11,12). The van der Waals surface area contributed by atoms with Crippen LogP contribution in [0.15, 0.2) is 12.3 Å². The normalized spacial score (nSPS) is 29.0. The smallest absolute Gasteiger partial charge is 0.145 e. The van der Waals surface area contributed by atoms with Gasteiger partial charge in [-0.05, 0) is 24.8 Å². The van der Waals surface area contributed by atoms with Crippen molar-refractivity contribution >= 4 is 5.82 Å². The van der Waals surface area contributed by atoms with Crippen molar-refractivity contribution in [2.45, 2.75) is 38.6 Å². The lowest BCUT2D eigenvalue weighted by Crippen LogP contribution is -2.21. The summed E-state index contributed by atoms with van der Waals surface area (Å²) < 4.78 is 2.04. The molecule has 2 N–H and O–H groups in total. The van der Waals surface area contributed by atoms with Crippen LogP contribution in [0.4, 0.5) is 5.82 Å². The Morgan fingerprint density at radius 3 is 2.85 bits per heavy atom. The molecule has 0 aromatic carbocycles. The highest BCUT2D eigenvalue weighted by Crippen LogP contribution is 2.32. The number of hydrogen-bond acceptors (Lipinski definition) is 2. The molecule has 1 heterocycles. The Balaban J connectivity index is 2.14. The monoisotopic (exact) mass is 179 g/mol. The summed E-state index contributed by atoms with van der Waals surface area (Å²) in [5.74, 6) is 1.38. The van der Waals surface area contributed by atoms with E-state index in [-0.39, 0.29) is 0 Å². The lowest BCUT2D eigenvalue weighted by atomic mass is 9.86. The van der Waals surface area contributed by atoms with Crippen LogP contribution in [0.5, 0.6) is 0 Å². The molecule has 1 fully saturated rings. The van der Waals surface area contributed by atoms with Crippen LogP contribution >= 0.6 is 0 Å². The van der Waals surface area contributed by atoms with Gasteiger partial charge in [0, 0.05) is 6.20 Å². The van der Waals surface area contributed by atoms with Crippen LogP contribution in [-0.4, -0.2) is 9.78 Å². The van der Waals surface area contributed by atoms with Crippen molar-refractivity contribution in [1.82, 2.24) is 9.78 Å². The average Bonchev–Trinajstić information content (AvgIpc) is 2.53. The van der Waals surface area contributed by atoms with Gasteiger partial charge in [-0.1, -0.05) is 19.8 Å². The second kappa shape index (κ2) is 3.40. The largest absolute Gasteiger partial charge is 0.382 e. The van der Waals surface area contributed by atoms with Gasteiger partial charge in [0.15, 0.2) is 0 Å². The second-order valence-corrected chi connectivity index (χ2v) is 4.05. The molecule has 3 nitrogen and oxygen atoms in total. The zero-order chi connectivity index (χ0) is 9.26. The van der Waals surface area contributed by atoms with Crippen molar-refractivity contribution in [3.05, 3.63) is 12.3 Å². The maximum atomic E-state index is 5.60. The van der Waals surface area contributed by atoms with E-state index in [2.05, 4.69) is 12.0 Å². The van der Waals surface area contributed by atoms with Crippen molar-refractivity contribution in [3.63, 3.8) is 0 Å². The second-order valence-electron chi connectivity index (χ2n) is 4.05. The Hall–Kier alpha value is -0.990. The summed E-state index contributed by atoms with van der Waals surface area (Å²) in [6.07, 6.45) is 7.28. The summed E-state index contributed by atoms with van der Waals surface area (Å²) in [5.41, 5.74) is 5.60. The van der Waals surface area contributed by atoms with Crippen molar-refractivity contribution in [2.75, 3.05) is 5.73 Å². The van der Waals surface area contributed by atoms with E-state index in [9.17, 15) is 0 Å². The van der Waals surface area contributed by atoms with Gasteiger partial charge >= 0.3 is 0 Å². The fourth-order valence-electron chi connectivity index (χ4n) is 2.23. The quantitative estimate of drug-likeness (QED) is 0.718. The van der Waals surface area contributed by atoms with Gasteiger partial charge in [0.1, 0.15) is 5.82 Å².